The lowest BCUT2D eigenvalue weighted by Gasteiger charge is -2.10. The second kappa shape index (κ2) is 6.80. The number of benzene rings is 2. The summed E-state index contributed by atoms with van der Waals surface area (Å²) in [4.78, 5) is 23.2. The monoisotopic (exact) mass is 343 g/mol. The van der Waals surface area contributed by atoms with Crippen LogP contribution in [0.5, 0.6) is 0 Å². The molecule has 3 rings (SSSR count). The second-order valence-electron chi connectivity index (χ2n) is 5.28. The summed E-state index contributed by atoms with van der Waals surface area (Å²) in [7, 11) is 0. The van der Waals surface area contributed by atoms with Crippen LogP contribution in [0.2, 0.25) is 0 Å². The summed E-state index contributed by atoms with van der Waals surface area (Å²) in [5, 5.41) is 12.3. The number of halogens is 1. The summed E-state index contributed by atoms with van der Waals surface area (Å²) in [6.07, 6.45) is -1.80. The standard InChI is InChI=1S/C18H14FNO3S/c19-16(17(21)20-10-11-4-2-1-3-5-11)13-7-6-12-8-15(18(22)23)24-14(12)9-13/h1-9,16H,10H2,(H,20,21)(H,22,23). The van der Waals surface area contributed by atoms with E-state index in [9.17, 15) is 14.0 Å². The average Bonchev–Trinajstić information content (AvgIpc) is 3.03. The number of aromatic carboxylic acids is 1. The van der Waals surface area contributed by atoms with Gasteiger partial charge in [-0.3, -0.25) is 4.79 Å². The molecule has 2 aromatic carbocycles. The third kappa shape index (κ3) is 3.44. The molecule has 0 aliphatic carbocycles. The number of fused-ring (bicyclic) bond motifs is 1. The Labute approximate surface area is 141 Å². The van der Waals surface area contributed by atoms with Gasteiger partial charge in [-0.1, -0.05) is 42.5 Å². The molecule has 0 saturated heterocycles. The molecule has 6 heteroatoms. The first-order chi connectivity index (χ1) is 11.5. The minimum absolute atomic E-state index is 0.186. The first-order valence-corrected chi connectivity index (χ1v) is 8.09. The number of nitrogens with one attached hydrogen (secondary N) is 1. The number of carbonyl (C=O) groups is 2. The highest BCUT2D eigenvalue weighted by Crippen LogP contribution is 2.29. The maximum absolute atomic E-state index is 14.4. The predicted octanol–water partition coefficient (Wildman–Crippen LogP) is 3.93. The van der Waals surface area contributed by atoms with Crippen molar-refractivity contribution in [2.75, 3.05) is 0 Å². The lowest BCUT2D eigenvalue weighted by atomic mass is 10.1. The maximum atomic E-state index is 14.4. The van der Waals surface area contributed by atoms with Crippen LogP contribution in [0.1, 0.15) is 27.0 Å². The number of rotatable bonds is 5. The van der Waals surface area contributed by atoms with E-state index in [1.165, 1.54) is 18.2 Å². The molecule has 1 heterocycles. The van der Waals surface area contributed by atoms with Crippen molar-refractivity contribution < 1.29 is 19.1 Å². The van der Waals surface area contributed by atoms with E-state index >= 15 is 0 Å². The number of carboxylic acid groups (broad SMARTS) is 1. The fourth-order valence-corrected chi connectivity index (χ4v) is 3.29. The van der Waals surface area contributed by atoms with Gasteiger partial charge in [-0.25, -0.2) is 9.18 Å². The van der Waals surface area contributed by atoms with Crippen molar-refractivity contribution in [1.82, 2.24) is 5.32 Å². The minimum Gasteiger partial charge on any atom is -0.477 e. The number of hydrogen-bond acceptors (Lipinski definition) is 3. The van der Waals surface area contributed by atoms with Crippen molar-refractivity contribution in [2.24, 2.45) is 0 Å². The summed E-state index contributed by atoms with van der Waals surface area (Å²) >= 11 is 1.06. The van der Waals surface area contributed by atoms with Crippen molar-refractivity contribution in [3.05, 3.63) is 70.6 Å². The molecule has 3 aromatic rings. The van der Waals surface area contributed by atoms with Crippen molar-refractivity contribution in [3.63, 3.8) is 0 Å². The van der Waals surface area contributed by atoms with Crippen LogP contribution < -0.4 is 5.32 Å². The van der Waals surface area contributed by atoms with Crippen LogP contribution in [0.15, 0.2) is 54.6 Å². The topological polar surface area (TPSA) is 66.4 Å². The van der Waals surface area contributed by atoms with Gasteiger partial charge >= 0.3 is 5.97 Å². The Balaban J connectivity index is 1.73. The van der Waals surface area contributed by atoms with Gasteiger partial charge in [0.2, 0.25) is 6.17 Å². The first kappa shape index (κ1) is 16.1. The highest BCUT2D eigenvalue weighted by molar-refractivity contribution is 7.20. The number of thiophene rings is 1. The Bertz CT molecular complexity index is 892. The summed E-state index contributed by atoms with van der Waals surface area (Å²) in [5.41, 5.74) is 1.10. The summed E-state index contributed by atoms with van der Waals surface area (Å²) in [6, 6.07) is 15.5. The molecule has 2 N–H and O–H groups in total. The van der Waals surface area contributed by atoms with E-state index in [0.717, 1.165) is 22.3 Å². The zero-order chi connectivity index (χ0) is 17.1. The van der Waals surface area contributed by atoms with Crippen molar-refractivity contribution >= 4 is 33.3 Å². The Hall–Kier alpha value is -2.73. The fraction of sp³-hybridized carbons (Fsp3) is 0.111. The molecule has 24 heavy (non-hydrogen) atoms. The maximum Gasteiger partial charge on any atom is 0.345 e. The van der Waals surface area contributed by atoms with Crippen LogP contribution in [0.25, 0.3) is 10.1 Å². The van der Waals surface area contributed by atoms with Gasteiger partial charge in [0.1, 0.15) is 4.88 Å². The van der Waals surface area contributed by atoms with E-state index < -0.39 is 18.0 Å². The Kier molecular flexibility index (Phi) is 4.57. The van der Waals surface area contributed by atoms with Gasteiger partial charge in [0.05, 0.1) is 0 Å². The van der Waals surface area contributed by atoms with Crippen LogP contribution in [0, 0.1) is 0 Å². The zero-order valence-corrected chi connectivity index (χ0v) is 13.3. The quantitative estimate of drug-likeness (QED) is 0.738. The van der Waals surface area contributed by atoms with Gasteiger partial charge in [0.15, 0.2) is 0 Å². The molecule has 0 radical (unpaired) electrons. The van der Waals surface area contributed by atoms with E-state index in [-0.39, 0.29) is 17.0 Å². The van der Waals surface area contributed by atoms with Crippen molar-refractivity contribution in [3.8, 4) is 0 Å². The number of carboxylic acids is 1. The van der Waals surface area contributed by atoms with Crippen LogP contribution in [0.3, 0.4) is 0 Å². The molecule has 122 valence electrons. The van der Waals surface area contributed by atoms with Crippen molar-refractivity contribution in [2.45, 2.75) is 12.7 Å². The molecule has 1 atom stereocenters. The lowest BCUT2D eigenvalue weighted by Crippen LogP contribution is -2.26. The number of alkyl halides is 1. The summed E-state index contributed by atoms with van der Waals surface area (Å²) < 4.78 is 15.0. The Morgan fingerprint density at radius 2 is 1.88 bits per heavy atom. The minimum atomic E-state index is -1.80. The molecule has 0 bridgehead atoms. The molecular weight excluding hydrogens is 329 g/mol. The Morgan fingerprint density at radius 3 is 2.58 bits per heavy atom. The summed E-state index contributed by atoms with van der Waals surface area (Å²) in [5.74, 6) is -1.73. The normalized spacial score (nSPS) is 12.0. The molecule has 1 aromatic heterocycles. The van der Waals surface area contributed by atoms with Gasteiger partial charge in [0, 0.05) is 11.2 Å². The van der Waals surface area contributed by atoms with E-state index in [1.54, 1.807) is 6.07 Å². The van der Waals surface area contributed by atoms with Gasteiger partial charge in [-0.05, 0) is 28.6 Å². The van der Waals surface area contributed by atoms with E-state index in [1.807, 2.05) is 30.3 Å². The third-order valence-electron chi connectivity index (χ3n) is 3.59. The average molecular weight is 343 g/mol. The molecule has 0 aliphatic heterocycles. The molecule has 0 fully saturated rings. The van der Waals surface area contributed by atoms with E-state index in [4.69, 9.17) is 5.11 Å². The largest absolute Gasteiger partial charge is 0.477 e. The molecule has 1 amide bonds. The highest BCUT2D eigenvalue weighted by atomic mass is 32.1. The molecular formula is C18H14FNO3S. The zero-order valence-electron chi connectivity index (χ0n) is 12.5. The molecule has 0 spiro atoms. The van der Waals surface area contributed by atoms with Crippen LogP contribution >= 0.6 is 11.3 Å². The second-order valence-corrected chi connectivity index (χ2v) is 6.36. The lowest BCUT2D eigenvalue weighted by molar-refractivity contribution is -0.126. The molecule has 4 nitrogen and oxygen atoms in total. The van der Waals surface area contributed by atoms with E-state index in [0.29, 0.717) is 4.70 Å². The van der Waals surface area contributed by atoms with Crippen LogP contribution in [-0.2, 0) is 11.3 Å². The predicted molar refractivity (Wildman–Crippen MR) is 90.9 cm³/mol. The number of carbonyl (C=O) groups excluding carboxylic acids is 1. The number of hydrogen-bond donors (Lipinski definition) is 2. The number of amides is 1. The van der Waals surface area contributed by atoms with Crippen LogP contribution in [0.4, 0.5) is 4.39 Å². The molecule has 1 unspecified atom stereocenters. The van der Waals surface area contributed by atoms with Gasteiger partial charge in [-0.15, -0.1) is 11.3 Å². The summed E-state index contributed by atoms with van der Waals surface area (Å²) in [6.45, 7) is 0.254. The fourth-order valence-electron chi connectivity index (χ4n) is 2.34. The first-order valence-electron chi connectivity index (χ1n) is 7.27. The van der Waals surface area contributed by atoms with Gasteiger partial charge in [0.25, 0.3) is 5.91 Å². The third-order valence-corrected chi connectivity index (χ3v) is 4.67. The van der Waals surface area contributed by atoms with E-state index in [2.05, 4.69) is 5.32 Å². The highest BCUT2D eigenvalue weighted by Gasteiger charge is 2.20. The van der Waals surface area contributed by atoms with Crippen LogP contribution in [-0.4, -0.2) is 17.0 Å². The Morgan fingerprint density at radius 1 is 1.12 bits per heavy atom. The SMILES string of the molecule is O=C(O)c1cc2ccc(C(F)C(=O)NCc3ccccc3)cc2s1. The van der Waals surface area contributed by atoms with Crippen molar-refractivity contribution in [1.29, 1.82) is 0 Å². The van der Waals surface area contributed by atoms with Gasteiger partial charge in [-0.2, -0.15) is 0 Å². The molecule has 0 aliphatic rings. The smallest absolute Gasteiger partial charge is 0.345 e. The van der Waals surface area contributed by atoms with Gasteiger partial charge < -0.3 is 10.4 Å². The molecule has 0 saturated carbocycles.